The SMILES string of the molecule is C#C[C@@]1(CO[P@](=O)(NCc2ccccc2)OCC[SH]=C(O)C(C)(C)CO)C=C[C@H](n2cc(C)c(=O)[nH]c2=O)O1. The van der Waals surface area contributed by atoms with Gasteiger partial charge in [-0.3, -0.25) is 23.4 Å². The molecule has 0 amide bonds. The average molecular weight is 580 g/mol. The zero-order chi connectivity index (χ0) is 28.7. The van der Waals surface area contributed by atoms with Crippen LogP contribution in [0.25, 0.3) is 0 Å². The van der Waals surface area contributed by atoms with Gasteiger partial charge in [0.2, 0.25) is 0 Å². The predicted molar refractivity (Wildman–Crippen MR) is 152 cm³/mol. The van der Waals surface area contributed by atoms with Gasteiger partial charge in [0.1, 0.15) is 6.61 Å². The van der Waals surface area contributed by atoms with E-state index in [0.29, 0.717) is 22.7 Å². The Morgan fingerprint density at radius 1 is 1.33 bits per heavy atom. The molecule has 39 heavy (non-hydrogen) atoms. The van der Waals surface area contributed by atoms with E-state index in [1.165, 1.54) is 16.8 Å². The van der Waals surface area contributed by atoms with Crippen molar-refractivity contribution in [2.24, 2.45) is 5.41 Å². The van der Waals surface area contributed by atoms with Gasteiger partial charge < -0.3 is 14.9 Å². The summed E-state index contributed by atoms with van der Waals surface area (Å²) in [6.07, 6.45) is 9.26. The highest BCUT2D eigenvalue weighted by atomic mass is 32.1. The lowest BCUT2D eigenvalue weighted by Crippen LogP contribution is -2.37. The Kier molecular flexibility index (Phi) is 10.5. The fraction of sp³-hybridized carbons (Fsp3) is 0.423. The van der Waals surface area contributed by atoms with Crippen LogP contribution < -0.4 is 16.3 Å². The third-order valence-corrected chi connectivity index (χ3v) is 8.76. The number of H-pyrrole nitrogens is 1. The minimum atomic E-state index is -3.94. The molecule has 4 N–H and O–H groups in total. The number of terminal acetylenes is 1. The number of nitrogens with one attached hydrogen (secondary N) is 2. The van der Waals surface area contributed by atoms with Crippen LogP contribution in [0.15, 0.2) is 58.3 Å². The summed E-state index contributed by atoms with van der Waals surface area (Å²) in [5.74, 6) is 2.78. The van der Waals surface area contributed by atoms with E-state index in [-0.39, 0.29) is 31.4 Å². The highest BCUT2D eigenvalue weighted by Crippen LogP contribution is 2.46. The molecule has 2 heterocycles. The number of thiol groups is 1. The second kappa shape index (κ2) is 13.2. The van der Waals surface area contributed by atoms with Crippen LogP contribution >= 0.6 is 19.1 Å². The van der Waals surface area contributed by atoms with Crippen LogP contribution in [0.3, 0.4) is 0 Å². The second-order valence-electron chi connectivity index (χ2n) is 9.55. The first kappa shape index (κ1) is 30.9. The molecule has 212 valence electrons. The summed E-state index contributed by atoms with van der Waals surface area (Å²) in [7, 11) is -3.94. The molecule has 0 unspecified atom stereocenters. The quantitative estimate of drug-likeness (QED) is 0.0602. The highest BCUT2D eigenvalue weighted by Gasteiger charge is 2.39. The predicted octanol–water partition coefficient (Wildman–Crippen LogP) is 2.41. The van der Waals surface area contributed by atoms with Gasteiger partial charge in [0, 0.05) is 29.5 Å². The Morgan fingerprint density at radius 2 is 2.05 bits per heavy atom. The van der Waals surface area contributed by atoms with Gasteiger partial charge in [0.25, 0.3) is 5.56 Å². The summed E-state index contributed by atoms with van der Waals surface area (Å²) in [5, 5.41) is 22.6. The van der Waals surface area contributed by atoms with Crippen molar-refractivity contribution in [3.05, 3.63) is 80.6 Å². The maximum absolute atomic E-state index is 13.7. The van der Waals surface area contributed by atoms with E-state index in [4.69, 9.17) is 20.2 Å². The topological polar surface area (TPSA) is 152 Å². The first-order valence-electron chi connectivity index (χ1n) is 12.1. The molecular weight excluding hydrogens is 545 g/mol. The van der Waals surface area contributed by atoms with Gasteiger partial charge in [-0.05, 0) is 24.6 Å². The Bertz CT molecular complexity index is 1410. The Hall–Kier alpha value is -2.59. The van der Waals surface area contributed by atoms with Gasteiger partial charge >= 0.3 is 13.4 Å². The number of aliphatic hydroxyl groups is 2. The van der Waals surface area contributed by atoms with Gasteiger partial charge in [0.15, 0.2) is 11.8 Å². The summed E-state index contributed by atoms with van der Waals surface area (Å²) < 4.78 is 32.2. The molecule has 1 aromatic carbocycles. The third kappa shape index (κ3) is 8.20. The molecule has 0 bridgehead atoms. The summed E-state index contributed by atoms with van der Waals surface area (Å²) >= 11 is 0.515. The second-order valence-corrected chi connectivity index (χ2v) is 12.6. The molecule has 3 rings (SSSR count). The Morgan fingerprint density at radius 3 is 2.72 bits per heavy atom. The van der Waals surface area contributed by atoms with Gasteiger partial charge in [-0.15, -0.1) is 6.42 Å². The molecule has 3 atom stereocenters. The lowest BCUT2D eigenvalue weighted by atomic mass is 9.97. The summed E-state index contributed by atoms with van der Waals surface area (Å²) in [4.78, 5) is 26.2. The van der Waals surface area contributed by atoms with Crippen LogP contribution in [0.1, 0.15) is 31.2 Å². The van der Waals surface area contributed by atoms with Crippen LogP contribution in [-0.2, 0) is 24.9 Å². The molecule has 0 radical (unpaired) electrons. The summed E-state index contributed by atoms with van der Waals surface area (Å²) in [6, 6.07) is 9.24. The average Bonchev–Trinajstić information content (AvgIpc) is 3.36. The number of benzene rings is 1. The van der Waals surface area contributed by atoms with Crippen molar-refractivity contribution < 1.29 is 28.6 Å². The molecular formula is C26H34N3O8PS. The molecule has 1 aliphatic rings. The van der Waals surface area contributed by atoms with Crippen molar-refractivity contribution in [1.82, 2.24) is 14.6 Å². The van der Waals surface area contributed by atoms with E-state index in [0.717, 1.165) is 5.56 Å². The third-order valence-electron chi connectivity index (χ3n) is 5.91. The number of aromatic amines is 1. The number of aryl methyl sites for hydroxylation is 1. The maximum atomic E-state index is 13.7. The number of nitrogens with zero attached hydrogens (tertiary/aromatic N) is 1. The van der Waals surface area contributed by atoms with Crippen molar-refractivity contribution in [2.45, 2.75) is 39.1 Å². The number of rotatable bonds is 13. The molecule has 1 aliphatic heterocycles. The van der Waals surface area contributed by atoms with Crippen LogP contribution in [0, 0.1) is 24.7 Å². The maximum Gasteiger partial charge on any atom is 0.405 e. The van der Waals surface area contributed by atoms with E-state index in [1.807, 2.05) is 30.3 Å². The Balaban J connectivity index is 1.72. The largest absolute Gasteiger partial charge is 0.405 e. The number of hydrogen-bond acceptors (Lipinski definition) is 7. The van der Waals surface area contributed by atoms with E-state index in [9.17, 15) is 24.4 Å². The van der Waals surface area contributed by atoms with Crippen molar-refractivity contribution >= 4 is 24.1 Å². The van der Waals surface area contributed by atoms with E-state index >= 15 is 0 Å². The van der Waals surface area contributed by atoms with E-state index in [1.54, 1.807) is 26.8 Å². The monoisotopic (exact) mass is 579 g/mol. The number of hydrogen-bond donors (Lipinski definition) is 5. The highest BCUT2D eigenvalue weighted by molar-refractivity contribution is 7.98. The smallest absolute Gasteiger partial charge is 0.395 e. The number of ether oxygens (including phenoxy) is 1. The summed E-state index contributed by atoms with van der Waals surface area (Å²) in [5.41, 5.74) is -2.25. The number of aliphatic hydroxyl groups excluding tert-OH is 2. The minimum absolute atomic E-state index is 0.0272. The van der Waals surface area contributed by atoms with Gasteiger partial charge in [-0.1, -0.05) is 50.1 Å². The standard InChI is InChI=1S/C26H34N3O8PS/c1-5-26(12-11-21(37-26)29-16-19(2)22(31)28-24(29)33)18-36-38(34,27-15-20-9-7-6-8-10-20)35-13-14-39-23(32)25(3,4)17-30/h1,6-12,16,21,30,32,39H,13-15,17-18H2,2-4H3,(H,27,34)(H,28,31,33)/t21-,26+,38+/m1/s1. The molecule has 13 heteroatoms. The molecule has 11 nitrogen and oxygen atoms in total. The van der Waals surface area contributed by atoms with Crippen LogP contribution in [0.4, 0.5) is 0 Å². The molecule has 0 saturated heterocycles. The number of aromatic nitrogens is 2. The van der Waals surface area contributed by atoms with Crippen LogP contribution in [0.5, 0.6) is 0 Å². The van der Waals surface area contributed by atoms with Gasteiger partial charge in [-0.2, -0.15) is 11.4 Å². The van der Waals surface area contributed by atoms with Crippen molar-refractivity contribution in [3.63, 3.8) is 0 Å². The van der Waals surface area contributed by atoms with Crippen molar-refractivity contribution in [3.8, 4) is 12.3 Å². The van der Waals surface area contributed by atoms with Crippen LogP contribution in [0.2, 0.25) is 0 Å². The van der Waals surface area contributed by atoms with Gasteiger partial charge in [0.05, 0.1) is 18.3 Å². The first-order valence-corrected chi connectivity index (χ1v) is 14.7. The first-order chi connectivity index (χ1) is 18.4. The normalized spacial score (nSPS) is 21.2. The summed E-state index contributed by atoms with van der Waals surface area (Å²) in [6.45, 7) is 4.53. The van der Waals surface area contributed by atoms with Crippen LogP contribution in [-0.4, -0.2) is 56.0 Å². The fourth-order valence-electron chi connectivity index (χ4n) is 3.35. The molecule has 0 spiro atoms. The van der Waals surface area contributed by atoms with Gasteiger partial charge in [-0.25, -0.2) is 14.4 Å². The molecule has 2 aromatic rings. The van der Waals surface area contributed by atoms with E-state index in [2.05, 4.69) is 16.0 Å². The molecule has 0 fully saturated rings. The lowest BCUT2D eigenvalue weighted by Gasteiger charge is -2.27. The molecule has 0 aliphatic carbocycles. The lowest BCUT2D eigenvalue weighted by molar-refractivity contribution is -0.0479. The van der Waals surface area contributed by atoms with Crippen molar-refractivity contribution in [2.75, 3.05) is 25.6 Å². The van der Waals surface area contributed by atoms with Crippen molar-refractivity contribution in [1.29, 1.82) is 0 Å². The van der Waals surface area contributed by atoms with E-state index < -0.39 is 36.2 Å². The minimum Gasteiger partial charge on any atom is -0.395 e. The zero-order valence-electron chi connectivity index (χ0n) is 22.0. The zero-order valence-corrected chi connectivity index (χ0v) is 23.8. The molecule has 1 aromatic heterocycles. The molecule has 0 saturated carbocycles. The fourth-order valence-corrected chi connectivity index (χ4v) is 5.72. The Labute approximate surface area is 230 Å².